The highest BCUT2D eigenvalue weighted by Crippen LogP contribution is 2.30. The first-order valence-electron chi connectivity index (χ1n) is 6.59. The quantitative estimate of drug-likeness (QED) is 0.807. The van der Waals surface area contributed by atoms with Crippen LogP contribution in [0.1, 0.15) is 39.3 Å². The van der Waals surface area contributed by atoms with Gasteiger partial charge in [-0.2, -0.15) is 0 Å². The summed E-state index contributed by atoms with van der Waals surface area (Å²) in [6.45, 7) is 9.60. The molecular weight excluding hydrogens is 226 g/mol. The fourth-order valence-corrected chi connectivity index (χ4v) is 2.32. The fourth-order valence-electron chi connectivity index (χ4n) is 2.32. The standard InChI is InChI=1S/C15H25NO2/c1-6-17-13-10-8-9-12(11-13)14(16-5)15(3,4)18-7-2/h8-11,14,16H,6-7H2,1-5H3. The van der Waals surface area contributed by atoms with Crippen molar-refractivity contribution in [3.8, 4) is 5.75 Å². The minimum absolute atomic E-state index is 0.137. The van der Waals surface area contributed by atoms with Gasteiger partial charge in [0.25, 0.3) is 0 Å². The van der Waals surface area contributed by atoms with Gasteiger partial charge in [0.2, 0.25) is 0 Å². The van der Waals surface area contributed by atoms with Crippen LogP contribution in [-0.2, 0) is 4.74 Å². The number of likely N-dealkylation sites (N-methyl/N-ethyl adjacent to an activating group) is 1. The molecule has 0 aromatic heterocycles. The van der Waals surface area contributed by atoms with Gasteiger partial charge in [-0.3, -0.25) is 0 Å². The lowest BCUT2D eigenvalue weighted by molar-refractivity contribution is -0.0375. The highest BCUT2D eigenvalue weighted by atomic mass is 16.5. The molecule has 1 unspecified atom stereocenters. The summed E-state index contributed by atoms with van der Waals surface area (Å²) in [5, 5.41) is 3.33. The van der Waals surface area contributed by atoms with E-state index in [1.807, 2.05) is 33.0 Å². The largest absolute Gasteiger partial charge is 0.494 e. The average molecular weight is 251 g/mol. The molecule has 1 N–H and O–H groups in total. The SMILES string of the molecule is CCOc1cccc(C(NC)C(C)(C)OCC)c1. The van der Waals surface area contributed by atoms with Crippen LogP contribution in [-0.4, -0.2) is 25.9 Å². The van der Waals surface area contributed by atoms with Crippen molar-refractivity contribution in [3.63, 3.8) is 0 Å². The second kappa shape index (κ2) is 6.76. The zero-order valence-electron chi connectivity index (χ0n) is 12.1. The van der Waals surface area contributed by atoms with Crippen LogP contribution in [0, 0.1) is 0 Å². The molecule has 0 amide bonds. The Morgan fingerprint density at radius 1 is 1.22 bits per heavy atom. The third-order valence-corrected chi connectivity index (χ3v) is 3.00. The predicted molar refractivity (Wildman–Crippen MR) is 75.1 cm³/mol. The molecule has 0 saturated heterocycles. The van der Waals surface area contributed by atoms with Crippen LogP contribution >= 0.6 is 0 Å². The molecule has 1 rings (SSSR count). The molecule has 0 aliphatic heterocycles. The van der Waals surface area contributed by atoms with Crippen molar-refractivity contribution >= 4 is 0 Å². The maximum atomic E-state index is 5.83. The smallest absolute Gasteiger partial charge is 0.119 e. The van der Waals surface area contributed by atoms with Crippen LogP contribution in [0.15, 0.2) is 24.3 Å². The van der Waals surface area contributed by atoms with Crippen molar-refractivity contribution in [1.82, 2.24) is 5.32 Å². The second-order valence-electron chi connectivity index (χ2n) is 4.76. The predicted octanol–water partition coefficient (Wildman–Crippen LogP) is 3.16. The Kier molecular flexibility index (Phi) is 5.63. The lowest BCUT2D eigenvalue weighted by atomic mass is 9.91. The van der Waals surface area contributed by atoms with Crippen LogP contribution in [0.5, 0.6) is 5.75 Å². The van der Waals surface area contributed by atoms with Gasteiger partial charge in [-0.25, -0.2) is 0 Å². The highest BCUT2D eigenvalue weighted by molar-refractivity contribution is 5.32. The number of rotatable bonds is 7. The van der Waals surface area contributed by atoms with Crippen molar-refractivity contribution < 1.29 is 9.47 Å². The van der Waals surface area contributed by atoms with Gasteiger partial charge in [0.15, 0.2) is 0 Å². The van der Waals surface area contributed by atoms with Crippen LogP contribution in [0.3, 0.4) is 0 Å². The lowest BCUT2D eigenvalue weighted by Crippen LogP contribution is -2.40. The summed E-state index contributed by atoms with van der Waals surface area (Å²) >= 11 is 0. The van der Waals surface area contributed by atoms with Gasteiger partial charge >= 0.3 is 0 Å². The van der Waals surface area contributed by atoms with Crippen molar-refractivity contribution in [2.75, 3.05) is 20.3 Å². The summed E-state index contributed by atoms with van der Waals surface area (Å²) < 4.78 is 11.4. The Morgan fingerprint density at radius 2 is 1.94 bits per heavy atom. The molecule has 3 nitrogen and oxygen atoms in total. The molecule has 0 aliphatic carbocycles. The first-order valence-corrected chi connectivity index (χ1v) is 6.59. The van der Waals surface area contributed by atoms with Gasteiger partial charge < -0.3 is 14.8 Å². The molecule has 18 heavy (non-hydrogen) atoms. The number of nitrogens with one attached hydrogen (secondary N) is 1. The van der Waals surface area contributed by atoms with Crippen molar-refractivity contribution in [2.45, 2.75) is 39.3 Å². The van der Waals surface area contributed by atoms with E-state index < -0.39 is 0 Å². The van der Waals surface area contributed by atoms with Crippen LogP contribution in [0.25, 0.3) is 0 Å². The van der Waals surface area contributed by atoms with E-state index >= 15 is 0 Å². The summed E-state index contributed by atoms with van der Waals surface area (Å²) in [7, 11) is 1.96. The molecule has 1 atom stereocenters. The van der Waals surface area contributed by atoms with Gasteiger partial charge in [-0.05, 0) is 52.4 Å². The van der Waals surface area contributed by atoms with E-state index in [2.05, 4.69) is 31.3 Å². The van der Waals surface area contributed by atoms with Gasteiger partial charge in [-0.1, -0.05) is 12.1 Å². The number of hydrogen-bond donors (Lipinski definition) is 1. The molecule has 1 aromatic carbocycles. The van der Waals surface area contributed by atoms with Crippen molar-refractivity contribution in [3.05, 3.63) is 29.8 Å². The first-order chi connectivity index (χ1) is 8.55. The number of hydrogen-bond acceptors (Lipinski definition) is 3. The fraction of sp³-hybridized carbons (Fsp3) is 0.600. The summed E-state index contributed by atoms with van der Waals surface area (Å²) in [5.41, 5.74) is 0.927. The zero-order valence-corrected chi connectivity index (χ0v) is 12.1. The highest BCUT2D eigenvalue weighted by Gasteiger charge is 2.30. The Labute approximate surface area is 110 Å². The monoisotopic (exact) mass is 251 g/mol. The molecular formula is C15H25NO2. The van der Waals surface area contributed by atoms with E-state index in [0.717, 1.165) is 5.75 Å². The third kappa shape index (κ3) is 3.72. The molecule has 0 bridgehead atoms. The van der Waals surface area contributed by atoms with E-state index in [1.54, 1.807) is 0 Å². The van der Waals surface area contributed by atoms with Gasteiger partial charge in [0.05, 0.1) is 18.2 Å². The van der Waals surface area contributed by atoms with E-state index in [1.165, 1.54) is 5.56 Å². The summed E-state index contributed by atoms with van der Waals surface area (Å²) in [6, 6.07) is 8.31. The molecule has 3 heteroatoms. The van der Waals surface area contributed by atoms with Crippen LogP contribution < -0.4 is 10.1 Å². The van der Waals surface area contributed by atoms with Gasteiger partial charge in [-0.15, -0.1) is 0 Å². The molecule has 0 fully saturated rings. The molecule has 0 saturated carbocycles. The van der Waals surface area contributed by atoms with E-state index in [0.29, 0.717) is 13.2 Å². The molecule has 0 spiro atoms. The Morgan fingerprint density at radius 3 is 2.50 bits per heavy atom. The second-order valence-corrected chi connectivity index (χ2v) is 4.76. The Bertz CT molecular complexity index is 363. The average Bonchev–Trinajstić information content (AvgIpc) is 2.30. The Balaban J connectivity index is 2.97. The van der Waals surface area contributed by atoms with Gasteiger partial charge in [0.1, 0.15) is 5.75 Å². The van der Waals surface area contributed by atoms with E-state index in [4.69, 9.17) is 9.47 Å². The molecule has 0 aliphatic rings. The topological polar surface area (TPSA) is 30.5 Å². The Hall–Kier alpha value is -1.06. The molecule has 0 heterocycles. The minimum atomic E-state index is -0.256. The van der Waals surface area contributed by atoms with E-state index in [-0.39, 0.29) is 11.6 Å². The first kappa shape index (κ1) is 15.0. The normalized spacial score (nSPS) is 13.4. The van der Waals surface area contributed by atoms with Crippen LogP contribution in [0.2, 0.25) is 0 Å². The number of benzene rings is 1. The third-order valence-electron chi connectivity index (χ3n) is 3.00. The van der Waals surface area contributed by atoms with E-state index in [9.17, 15) is 0 Å². The maximum Gasteiger partial charge on any atom is 0.119 e. The molecule has 0 radical (unpaired) electrons. The molecule has 1 aromatic rings. The number of ether oxygens (including phenoxy) is 2. The summed E-state index contributed by atoms with van der Waals surface area (Å²) in [4.78, 5) is 0. The van der Waals surface area contributed by atoms with Gasteiger partial charge in [0, 0.05) is 6.61 Å². The maximum absolute atomic E-state index is 5.83. The lowest BCUT2D eigenvalue weighted by Gasteiger charge is -2.34. The summed E-state index contributed by atoms with van der Waals surface area (Å²) in [6.07, 6.45) is 0. The van der Waals surface area contributed by atoms with Crippen molar-refractivity contribution in [1.29, 1.82) is 0 Å². The summed E-state index contributed by atoms with van der Waals surface area (Å²) in [5.74, 6) is 0.905. The van der Waals surface area contributed by atoms with Crippen LogP contribution in [0.4, 0.5) is 0 Å². The zero-order chi connectivity index (χ0) is 13.6. The molecule has 102 valence electrons. The minimum Gasteiger partial charge on any atom is -0.494 e. The van der Waals surface area contributed by atoms with Crippen molar-refractivity contribution in [2.24, 2.45) is 0 Å².